The second kappa shape index (κ2) is 20.9. The van der Waals surface area contributed by atoms with Gasteiger partial charge in [-0.15, -0.1) is 0 Å². The van der Waals surface area contributed by atoms with Gasteiger partial charge >= 0.3 is 32.0 Å². The zero-order chi connectivity index (χ0) is 4.00. The molecule has 0 aromatic heterocycles. The first-order valence-corrected chi connectivity index (χ1v) is 8.70. The summed E-state index contributed by atoms with van der Waals surface area (Å²) in [4.78, 5) is 0. The molecule has 0 aliphatic rings. The Bertz CT molecular complexity index is 8.00. The summed E-state index contributed by atoms with van der Waals surface area (Å²) in [5.41, 5.74) is 0. The molecule has 4 heavy (non-hydrogen) atoms. The molecule has 0 rings (SSSR count). The standard InChI is InChI=1S/Ag.BrH.H5PSi/c;;1-2/h;1H;1H2,2H3/q+1;;/p-1. The number of hydrogen-bond acceptors (Lipinski definition) is 0. The van der Waals surface area contributed by atoms with E-state index >= 15 is 0 Å². The minimum absolute atomic E-state index is 1.22. The zero-order valence-electron chi connectivity index (χ0n) is 2.26. The molecule has 0 saturated carbocycles. The van der Waals surface area contributed by atoms with Crippen LogP contribution in [0, 0.1) is 0 Å². The van der Waals surface area contributed by atoms with E-state index in [9.17, 15) is 0 Å². The van der Waals surface area contributed by atoms with E-state index in [0.29, 0.717) is 0 Å². The van der Waals surface area contributed by atoms with Crippen LogP contribution in [0.25, 0.3) is 0 Å². The SMILES string of the molecule is [Br][Ag].[SiH3]P. The second-order valence-corrected chi connectivity index (χ2v) is 0. The number of rotatable bonds is 0. The Balaban J connectivity index is 0. The van der Waals surface area contributed by atoms with Crippen molar-refractivity contribution in [1.82, 2.24) is 0 Å². The van der Waals surface area contributed by atoms with Crippen molar-refractivity contribution in [2.45, 2.75) is 0 Å². The van der Waals surface area contributed by atoms with Crippen molar-refractivity contribution in [3.63, 3.8) is 0 Å². The Morgan fingerprint density at radius 2 is 1.50 bits per heavy atom. The molecule has 0 aliphatic carbocycles. The van der Waals surface area contributed by atoms with Crippen LogP contribution in [0.4, 0.5) is 0 Å². The quantitative estimate of drug-likeness (QED) is 0.420. The Hall–Kier alpha value is 1.87. The maximum Gasteiger partial charge on any atom is 0.0252 e. The number of halogens is 1. The average Bonchev–Trinajstić information content (AvgIpc) is 1.50. The largest absolute Gasteiger partial charge is 0.159 e. The van der Waals surface area contributed by atoms with Gasteiger partial charge in [-0.1, -0.05) is 0 Å². The van der Waals surface area contributed by atoms with Gasteiger partial charge in [-0.2, -0.15) is 8.79 Å². The molecule has 0 aliphatic heterocycles. The van der Waals surface area contributed by atoms with Crippen LogP contribution < -0.4 is 0 Å². The van der Waals surface area contributed by atoms with E-state index in [0.717, 1.165) is 0 Å². The third-order valence-electron chi connectivity index (χ3n) is 0. The fraction of sp³-hybridized carbons (Fsp3) is 0. The van der Waals surface area contributed by atoms with Crippen molar-refractivity contribution >= 4 is 31.7 Å². The van der Waals surface area contributed by atoms with Gasteiger partial charge < -0.3 is 0 Å². The van der Waals surface area contributed by atoms with E-state index in [2.05, 4.69) is 40.7 Å². The second-order valence-electron chi connectivity index (χ2n) is 0. The summed E-state index contributed by atoms with van der Waals surface area (Å²) in [6.45, 7) is 0. The fourth-order valence-corrected chi connectivity index (χ4v) is 0. The van der Waals surface area contributed by atoms with E-state index in [4.69, 9.17) is 0 Å². The minimum Gasteiger partial charge on any atom is -0.159 e. The minimum atomic E-state index is 1.22. The predicted octanol–water partition coefficient (Wildman–Crippen LogP) is -0.0150. The van der Waals surface area contributed by atoms with Crippen molar-refractivity contribution < 1.29 is 18.9 Å². The summed E-state index contributed by atoms with van der Waals surface area (Å²) in [6, 6.07) is 0. The van der Waals surface area contributed by atoms with E-state index in [1.54, 1.807) is 0 Å². The first kappa shape index (κ1) is 9.29. The van der Waals surface area contributed by atoms with Gasteiger partial charge in [0.2, 0.25) is 0 Å². The van der Waals surface area contributed by atoms with Crippen LogP contribution in [-0.4, -0.2) is 9.91 Å². The summed E-state index contributed by atoms with van der Waals surface area (Å²) >= 11 is 5.51. The van der Waals surface area contributed by atoms with Gasteiger partial charge in [0.15, 0.2) is 0 Å². The first-order valence-electron chi connectivity index (χ1n) is 0.691. The van der Waals surface area contributed by atoms with Crippen LogP contribution in [0.1, 0.15) is 0 Å². The summed E-state index contributed by atoms with van der Waals surface area (Å²) in [5, 5.41) is 0. The van der Waals surface area contributed by atoms with Crippen molar-refractivity contribution in [3.05, 3.63) is 0 Å². The Labute approximate surface area is 50.5 Å². The van der Waals surface area contributed by atoms with E-state index in [1.807, 2.05) is 0 Å². The van der Waals surface area contributed by atoms with E-state index < -0.39 is 0 Å². The van der Waals surface area contributed by atoms with Crippen LogP contribution in [0.5, 0.6) is 0 Å². The average molecular weight is 252 g/mol. The summed E-state index contributed by atoms with van der Waals surface area (Å²) in [6.07, 6.45) is 0. The van der Waals surface area contributed by atoms with Gasteiger partial charge in [-0.3, -0.25) is 0 Å². The molecule has 0 spiro atoms. The summed E-state index contributed by atoms with van der Waals surface area (Å²) in [7, 11) is 3.78. The molecule has 0 nitrogen and oxygen atoms in total. The number of hydrogen-bond donors (Lipinski definition) is 0. The van der Waals surface area contributed by atoms with E-state index in [-0.39, 0.29) is 0 Å². The normalized spacial score (nSPS) is 4.00. The molecule has 0 N–H and O–H groups in total. The van der Waals surface area contributed by atoms with Gasteiger partial charge in [0, 0.05) is 9.91 Å². The first-order chi connectivity index (χ1) is 2.00. The van der Waals surface area contributed by atoms with Crippen molar-refractivity contribution in [1.29, 1.82) is 0 Å². The maximum atomic E-state index is 2.76. The molecule has 0 radical (unpaired) electrons. The van der Waals surface area contributed by atoms with Gasteiger partial charge in [0.25, 0.3) is 0 Å². The van der Waals surface area contributed by atoms with Crippen LogP contribution in [0.15, 0.2) is 0 Å². The van der Waals surface area contributed by atoms with Gasteiger partial charge in [0.1, 0.15) is 0 Å². The molecule has 0 bridgehead atoms. The van der Waals surface area contributed by atoms with Crippen molar-refractivity contribution in [2.75, 3.05) is 0 Å². The van der Waals surface area contributed by atoms with Gasteiger partial charge in [0.05, 0.1) is 0 Å². The molecule has 0 aromatic rings. The molecule has 0 saturated heterocycles. The van der Waals surface area contributed by atoms with Crippen LogP contribution in [0.2, 0.25) is 0 Å². The Morgan fingerprint density at radius 1 is 1.50 bits per heavy atom. The third-order valence-corrected chi connectivity index (χ3v) is 0. The van der Waals surface area contributed by atoms with Crippen LogP contribution in [0.3, 0.4) is 0 Å². The molecule has 0 heterocycles. The van der Waals surface area contributed by atoms with Gasteiger partial charge in [-0.25, -0.2) is 0 Å². The maximum absolute atomic E-state index is 2.76. The Morgan fingerprint density at radius 3 is 1.50 bits per heavy atom. The van der Waals surface area contributed by atoms with Gasteiger partial charge in [-0.05, 0) is 0 Å². The third kappa shape index (κ3) is 9.12. The predicted molar refractivity (Wildman–Crippen MR) is 28.6 cm³/mol. The molecule has 1 unspecified atom stereocenters. The molecule has 0 fully saturated rings. The molecular formula is H5AgBrPSi. The molecule has 0 amide bonds. The fourth-order valence-electron chi connectivity index (χ4n) is 0. The van der Waals surface area contributed by atoms with Crippen molar-refractivity contribution in [3.8, 4) is 0 Å². The molecule has 0 aromatic carbocycles. The van der Waals surface area contributed by atoms with Crippen LogP contribution in [-0.2, 0) is 18.9 Å². The smallest absolute Gasteiger partial charge is 0.0252 e. The molecule has 32 valence electrons. The topological polar surface area (TPSA) is 0 Å². The molecular weight excluding hydrogens is 247 g/mol. The summed E-state index contributed by atoms with van der Waals surface area (Å²) in [5.74, 6) is 0. The van der Waals surface area contributed by atoms with E-state index in [1.165, 1.54) is 9.91 Å². The molecule has 4 heteroatoms. The van der Waals surface area contributed by atoms with Crippen LogP contribution >= 0.6 is 21.8 Å². The summed E-state index contributed by atoms with van der Waals surface area (Å²) < 4.78 is 0. The Kier molecular flexibility index (Phi) is 48.5. The zero-order valence-corrected chi connectivity index (χ0v) is 8.48. The van der Waals surface area contributed by atoms with Crippen molar-refractivity contribution in [2.24, 2.45) is 0 Å². The molecule has 1 atom stereocenters. The monoisotopic (exact) mass is 250 g/mol.